The highest BCUT2D eigenvalue weighted by Gasteiger charge is 2.38. The van der Waals surface area contributed by atoms with Crippen LogP contribution in [0.4, 0.5) is 0 Å². The maximum atomic E-state index is 12.9. The number of aliphatic carboxylic acids is 1. The number of nitrogens with one attached hydrogen (secondary N) is 1. The molecule has 0 atom stereocenters. The lowest BCUT2D eigenvalue weighted by atomic mass is 9.85. The zero-order valence-electron chi connectivity index (χ0n) is 72.9. The molecule has 5 aliphatic carbocycles. The third-order valence-corrected chi connectivity index (χ3v) is 20.3. The molecule has 5 aliphatic rings. The number of hydrogen-bond acceptors (Lipinski definition) is 20. The van der Waals surface area contributed by atoms with Crippen molar-refractivity contribution in [2.24, 2.45) is 0 Å². The number of rotatable bonds is 31. The van der Waals surface area contributed by atoms with Crippen LogP contribution in [0.15, 0.2) is 223 Å². The van der Waals surface area contributed by atoms with Gasteiger partial charge in [0, 0.05) is 136 Å². The molecule has 4 amide bonds. The number of carbonyl (C=O) groups excluding carboxylic acids is 14. The number of Topliss-reactive ketones (excluding diaryl/α,β-unsaturated/α-hetero) is 10. The maximum absolute atomic E-state index is 12.9. The smallest absolute Gasteiger partial charge is 0.331 e. The molecule has 0 spiro atoms. The Balaban J connectivity index is 0.000000269. The van der Waals surface area contributed by atoms with Crippen molar-refractivity contribution >= 4 is 87.4 Å². The molecule has 25 heteroatoms. The van der Waals surface area contributed by atoms with E-state index in [2.05, 4.69) is 17.2 Å². The molecule has 0 saturated carbocycles. The van der Waals surface area contributed by atoms with Crippen LogP contribution in [0, 0.1) is 0 Å². The van der Waals surface area contributed by atoms with Crippen molar-refractivity contribution in [3.63, 3.8) is 0 Å². The van der Waals surface area contributed by atoms with E-state index in [1.807, 2.05) is 34.6 Å². The van der Waals surface area contributed by atoms with Gasteiger partial charge in [0.1, 0.15) is 0 Å². The second-order valence-corrected chi connectivity index (χ2v) is 29.0. The number of allylic oxidation sites excluding steroid dienone is 17. The highest BCUT2D eigenvalue weighted by molar-refractivity contribution is 6.31. The number of carboxylic acids is 1. The van der Waals surface area contributed by atoms with Crippen LogP contribution in [0.1, 0.15) is 242 Å². The molecule has 0 heterocycles. The van der Waals surface area contributed by atoms with E-state index >= 15 is 0 Å². The molecule has 0 saturated heterocycles. The Bertz CT molecular complexity index is 5100. The number of hydrogen-bond donors (Lipinski definition) is 2. The first-order valence-electron chi connectivity index (χ1n) is 40.3. The van der Waals surface area contributed by atoms with Gasteiger partial charge in [-0.2, -0.15) is 0 Å². The van der Waals surface area contributed by atoms with Gasteiger partial charge in [-0.1, -0.05) is 183 Å². The van der Waals surface area contributed by atoms with E-state index in [0.717, 1.165) is 32.1 Å². The SMILES string of the molecule is CCC/C(=C\C1=C(OC)C(=O)c2ccccc2C1=O)C(=O)N(C)C.CCC/C(=C\C1=C(OC)C(=O)c2ccccc2C1=O)C(=O)N(CC)CC.CCC/C(=C\C1=C(OC)C(=O)c2ccccc2C1=O)C(=O)NOC.CCCCCCCCC/C(=C\C1=C(C)C(=O)C(C)=C(C)C1=O)C(=O)O.COC1=C(/C=C(\C)C(=O)N(C)C)C(=O)c2ccccc2C1=O. The average molecular weight is 1660 g/mol. The van der Waals surface area contributed by atoms with E-state index in [0.29, 0.717) is 129 Å². The molecule has 4 aromatic rings. The largest absolute Gasteiger partial charge is 0.492 e. The van der Waals surface area contributed by atoms with Crippen molar-refractivity contribution < 1.29 is 101 Å². The molecule has 25 nitrogen and oxygen atoms in total. The Morgan fingerprint density at radius 2 is 0.636 bits per heavy atom. The molecule has 0 aliphatic heterocycles. The molecule has 0 radical (unpaired) electrons. The van der Waals surface area contributed by atoms with Crippen molar-refractivity contribution in [2.75, 3.05) is 76.8 Å². The molecule has 121 heavy (non-hydrogen) atoms. The fourth-order valence-corrected chi connectivity index (χ4v) is 13.7. The number of likely N-dealkylation sites (N-methyl/N-ethyl adjacent to an activating group) is 3. The summed E-state index contributed by atoms with van der Waals surface area (Å²) in [5.74, 6) is -5.20. The van der Waals surface area contributed by atoms with E-state index in [-0.39, 0.29) is 132 Å². The number of unbranched alkanes of at least 4 members (excludes halogenated alkanes) is 6. The molecular formula is C96H112N4O21. The summed E-state index contributed by atoms with van der Waals surface area (Å²) in [6.45, 7) is 19.4. The number of amides is 4. The number of benzene rings is 4. The third kappa shape index (κ3) is 24.5. The molecule has 0 aromatic heterocycles. The van der Waals surface area contributed by atoms with Crippen LogP contribution in [-0.4, -0.2) is 184 Å². The topological polar surface area (TPSA) is 344 Å². The molecule has 2 N–H and O–H groups in total. The minimum Gasteiger partial charge on any atom is -0.492 e. The number of hydroxylamine groups is 1. The fourth-order valence-electron chi connectivity index (χ4n) is 13.7. The average Bonchev–Trinajstić information content (AvgIpc) is 0.759. The second-order valence-electron chi connectivity index (χ2n) is 29.0. The quantitative estimate of drug-likeness (QED) is 0.0204. The first-order chi connectivity index (χ1) is 57.6. The Morgan fingerprint density at radius 3 is 0.950 bits per heavy atom. The first-order valence-corrected chi connectivity index (χ1v) is 40.3. The first kappa shape index (κ1) is 98.8. The van der Waals surface area contributed by atoms with Gasteiger partial charge in [-0.05, 0) is 104 Å². The van der Waals surface area contributed by atoms with Crippen molar-refractivity contribution in [3.8, 4) is 0 Å². The summed E-state index contributed by atoms with van der Waals surface area (Å²) < 4.78 is 20.7. The van der Waals surface area contributed by atoms with Crippen LogP contribution in [0.2, 0.25) is 0 Å². The zero-order valence-corrected chi connectivity index (χ0v) is 72.9. The van der Waals surface area contributed by atoms with Gasteiger partial charge in [-0.3, -0.25) is 72.0 Å². The summed E-state index contributed by atoms with van der Waals surface area (Å²) in [5.41, 5.74) is 8.61. The summed E-state index contributed by atoms with van der Waals surface area (Å²) in [6.07, 6.45) is 19.1. The molecule has 9 rings (SSSR count). The van der Waals surface area contributed by atoms with Gasteiger partial charge in [0.25, 0.3) is 5.91 Å². The Hall–Kier alpha value is -12.8. The summed E-state index contributed by atoms with van der Waals surface area (Å²) in [7, 11) is 13.3. The summed E-state index contributed by atoms with van der Waals surface area (Å²) in [5, 5.41) is 9.43. The van der Waals surface area contributed by atoms with Gasteiger partial charge in [-0.25, -0.2) is 10.3 Å². The number of nitrogens with zero attached hydrogens (tertiary/aromatic N) is 3. The Kier molecular flexibility index (Phi) is 39.0. The van der Waals surface area contributed by atoms with Crippen molar-refractivity contribution in [3.05, 3.63) is 267 Å². The maximum Gasteiger partial charge on any atom is 0.331 e. The van der Waals surface area contributed by atoms with Gasteiger partial charge in [0.2, 0.25) is 40.9 Å². The van der Waals surface area contributed by atoms with Crippen LogP contribution in [-0.2, 0) is 57.3 Å². The highest BCUT2D eigenvalue weighted by atomic mass is 16.6. The van der Waals surface area contributed by atoms with Crippen LogP contribution < -0.4 is 5.48 Å². The van der Waals surface area contributed by atoms with E-state index < -0.39 is 11.9 Å². The number of carboxylic acid groups (broad SMARTS) is 1. The monoisotopic (exact) mass is 1660 g/mol. The number of carbonyl (C=O) groups is 15. The lowest BCUT2D eigenvalue weighted by molar-refractivity contribution is -0.133. The minimum absolute atomic E-state index is 0.00495. The number of ketones is 10. The van der Waals surface area contributed by atoms with E-state index in [4.69, 9.17) is 18.9 Å². The molecular weight excluding hydrogens is 1550 g/mol. The van der Waals surface area contributed by atoms with Crippen LogP contribution >= 0.6 is 0 Å². The van der Waals surface area contributed by atoms with Crippen LogP contribution in [0.5, 0.6) is 0 Å². The van der Waals surface area contributed by atoms with Crippen LogP contribution in [0.25, 0.3) is 0 Å². The standard InChI is InChI=1S/C21H25NO4.C21H30O4.C19H21NO4.C18H19NO5.C17H17NO4/c1-5-10-14(21(25)22(6-2)7-3)13-17-18(23)15-11-8-9-12-16(15)19(24)20(17)26-4;1-5-6-7-8-9-10-11-12-17(21(24)25)13-18-16(4)19(22)14(2)15(3)20(18)23;1-5-8-12(19(23)20(2)3)11-15-16(21)13-9-6-7-10-14(13)17(22)18(15)24-4;1-4-7-11(18(22)19-24-3)10-14-15(20)12-8-5-6-9-13(12)16(21)17(14)23-2;1-10(17(21)18(2)3)9-13-14(19)11-7-5-6-8-12(11)15(20)16(13)22-4/h8-9,11-13H,5-7,10H2,1-4H3;13H,5-12H2,1-4H3,(H,24,25);6-7,9-11H,5,8H2,1-4H3;5-6,8-10H,4,7H2,1-3H3,(H,19,22);5-9H,1-4H3/b14-13+;17-13+;12-11+;11-10+;10-9+. The Morgan fingerprint density at radius 1 is 0.339 bits per heavy atom. The normalized spacial score (nSPS) is 14.9. The summed E-state index contributed by atoms with van der Waals surface area (Å²) >= 11 is 0. The molecule has 0 bridgehead atoms. The zero-order chi connectivity index (χ0) is 90.2. The van der Waals surface area contributed by atoms with Crippen molar-refractivity contribution in [2.45, 2.75) is 159 Å². The third-order valence-electron chi connectivity index (χ3n) is 20.3. The highest BCUT2D eigenvalue weighted by Crippen LogP contribution is 2.35. The molecule has 642 valence electrons. The number of methoxy groups -OCH3 is 4. The van der Waals surface area contributed by atoms with Gasteiger partial charge in [0.15, 0.2) is 57.7 Å². The molecule has 0 fully saturated rings. The summed E-state index contributed by atoms with van der Waals surface area (Å²) in [6, 6.07) is 26.4. The fraction of sp³-hybridized carbons (Fsp3) is 0.365. The second kappa shape index (κ2) is 47.7. The van der Waals surface area contributed by atoms with Gasteiger partial charge < -0.3 is 38.8 Å². The van der Waals surface area contributed by atoms with Crippen LogP contribution in [0.3, 0.4) is 0 Å². The van der Waals surface area contributed by atoms with E-state index in [9.17, 15) is 77.0 Å². The predicted molar refractivity (Wildman–Crippen MR) is 459 cm³/mol. The molecule has 4 aromatic carbocycles. The van der Waals surface area contributed by atoms with Crippen molar-refractivity contribution in [1.29, 1.82) is 0 Å². The van der Waals surface area contributed by atoms with Gasteiger partial charge >= 0.3 is 5.97 Å². The lowest BCUT2D eigenvalue weighted by Gasteiger charge is -2.22. The van der Waals surface area contributed by atoms with Gasteiger partial charge in [0.05, 0.1) is 57.8 Å². The minimum atomic E-state index is -1.02. The van der Waals surface area contributed by atoms with E-state index in [1.54, 1.807) is 164 Å². The Labute approximate surface area is 708 Å². The predicted octanol–water partition coefficient (Wildman–Crippen LogP) is 15.7. The number of fused-ring (bicyclic) bond motifs is 4. The number of ether oxygens (including phenoxy) is 4. The summed E-state index contributed by atoms with van der Waals surface area (Å²) in [4.78, 5) is 196. The lowest BCUT2D eigenvalue weighted by Crippen LogP contribution is -2.32. The van der Waals surface area contributed by atoms with E-state index in [1.165, 1.54) is 95.3 Å². The van der Waals surface area contributed by atoms with Crippen molar-refractivity contribution in [1.82, 2.24) is 20.2 Å². The van der Waals surface area contributed by atoms with Gasteiger partial charge in [-0.15, -0.1) is 0 Å². The molecule has 0 unspecified atom stereocenters.